The second-order valence-electron chi connectivity index (χ2n) is 4.85. The van der Waals surface area contributed by atoms with Gasteiger partial charge in [0.2, 0.25) is 0 Å². The Hall–Kier alpha value is -0.570. The molecule has 2 nitrogen and oxygen atoms in total. The predicted octanol–water partition coefficient (Wildman–Crippen LogP) is 3.49. The number of hydrogen-bond acceptors (Lipinski definition) is 2. The van der Waals surface area contributed by atoms with Gasteiger partial charge in [-0.15, -0.1) is 0 Å². The molecule has 1 aliphatic heterocycles. The lowest BCUT2D eigenvalue weighted by molar-refractivity contribution is -0.119. The van der Waals surface area contributed by atoms with E-state index in [1.54, 1.807) is 18.2 Å². The van der Waals surface area contributed by atoms with Crippen LogP contribution in [0.25, 0.3) is 0 Å². The van der Waals surface area contributed by atoms with Crippen molar-refractivity contribution in [1.82, 2.24) is 5.32 Å². The first-order valence-corrected chi connectivity index (χ1v) is 7.07. The van der Waals surface area contributed by atoms with Crippen LogP contribution < -0.4 is 5.32 Å². The molecule has 0 aliphatic carbocycles. The van der Waals surface area contributed by atoms with Gasteiger partial charge in [-0.05, 0) is 55.6 Å². The summed E-state index contributed by atoms with van der Waals surface area (Å²) in [6, 6.07) is 5.27. The average molecular weight is 286 g/mol. The number of Topliss-reactive ketones (excluding diaryl/α,β-unsaturated/α-hetero) is 1. The van der Waals surface area contributed by atoms with E-state index in [0.717, 1.165) is 31.5 Å². The van der Waals surface area contributed by atoms with Gasteiger partial charge in [0.25, 0.3) is 0 Å². The number of rotatable bonds is 4. The van der Waals surface area contributed by atoms with E-state index in [1.165, 1.54) is 0 Å². The van der Waals surface area contributed by atoms with Crippen molar-refractivity contribution in [3.63, 3.8) is 0 Å². The van der Waals surface area contributed by atoms with Gasteiger partial charge < -0.3 is 5.32 Å². The lowest BCUT2D eigenvalue weighted by atomic mass is 9.91. The van der Waals surface area contributed by atoms with Crippen LogP contribution in [0.2, 0.25) is 10.0 Å². The van der Waals surface area contributed by atoms with Crippen LogP contribution in [-0.2, 0) is 11.2 Å². The molecule has 0 aromatic heterocycles. The average Bonchev–Trinajstić information content (AvgIpc) is 2.35. The van der Waals surface area contributed by atoms with Gasteiger partial charge in [0.1, 0.15) is 5.78 Å². The van der Waals surface area contributed by atoms with E-state index in [2.05, 4.69) is 5.32 Å². The molecule has 1 aromatic rings. The lowest BCUT2D eigenvalue weighted by Crippen LogP contribution is -2.29. The molecule has 18 heavy (non-hydrogen) atoms. The molecular weight excluding hydrogens is 269 g/mol. The van der Waals surface area contributed by atoms with E-state index in [9.17, 15) is 4.79 Å². The summed E-state index contributed by atoms with van der Waals surface area (Å²) in [7, 11) is 0. The molecule has 0 unspecified atom stereocenters. The van der Waals surface area contributed by atoms with Gasteiger partial charge in [0.05, 0.1) is 0 Å². The molecule has 1 saturated heterocycles. The van der Waals surface area contributed by atoms with Crippen molar-refractivity contribution in [2.75, 3.05) is 13.1 Å². The first-order chi connectivity index (χ1) is 8.65. The number of piperidine rings is 1. The zero-order valence-electron chi connectivity index (χ0n) is 10.2. The SMILES string of the molecule is O=C(Cc1cc(Cl)ccc1Cl)CC1CCNCC1. The van der Waals surface area contributed by atoms with Gasteiger partial charge in [-0.1, -0.05) is 23.2 Å². The standard InChI is InChI=1S/C14H17Cl2NO/c15-12-1-2-14(16)11(8-12)9-13(18)7-10-3-5-17-6-4-10/h1-2,8,10,17H,3-7,9H2. The molecule has 2 rings (SSSR count). The fourth-order valence-electron chi connectivity index (χ4n) is 2.37. The third-order valence-corrected chi connectivity index (χ3v) is 3.97. The number of benzene rings is 1. The smallest absolute Gasteiger partial charge is 0.137 e. The Balaban J connectivity index is 1.92. The molecule has 0 atom stereocenters. The van der Waals surface area contributed by atoms with Gasteiger partial charge in [-0.2, -0.15) is 0 Å². The highest BCUT2D eigenvalue weighted by molar-refractivity contribution is 6.33. The maximum absolute atomic E-state index is 12.0. The van der Waals surface area contributed by atoms with Crippen LogP contribution in [0.5, 0.6) is 0 Å². The second-order valence-corrected chi connectivity index (χ2v) is 5.69. The number of ketones is 1. The summed E-state index contributed by atoms with van der Waals surface area (Å²) in [6.45, 7) is 2.05. The van der Waals surface area contributed by atoms with Crippen molar-refractivity contribution in [3.05, 3.63) is 33.8 Å². The maximum Gasteiger partial charge on any atom is 0.137 e. The van der Waals surface area contributed by atoms with E-state index in [1.807, 2.05) is 0 Å². The summed E-state index contributed by atoms with van der Waals surface area (Å²) in [6.07, 6.45) is 3.23. The summed E-state index contributed by atoms with van der Waals surface area (Å²) in [4.78, 5) is 12.0. The molecule has 0 bridgehead atoms. The molecule has 0 saturated carbocycles. The van der Waals surface area contributed by atoms with Gasteiger partial charge in [-0.25, -0.2) is 0 Å². The third-order valence-electron chi connectivity index (χ3n) is 3.37. The van der Waals surface area contributed by atoms with Crippen LogP contribution >= 0.6 is 23.2 Å². The molecule has 1 aromatic carbocycles. The minimum atomic E-state index is 0.256. The predicted molar refractivity (Wildman–Crippen MR) is 75.4 cm³/mol. The highest BCUT2D eigenvalue weighted by Crippen LogP contribution is 2.23. The van der Waals surface area contributed by atoms with Crippen LogP contribution in [0.15, 0.2) is 18.2 Å². The van der Waals surface area contributed by atoms with E-state index in [0.29, 0.717) is 28.8 Å². The van der Waals surface area contributed by atoms with E-state index in [-0.39, 0.29) is 5.78 Å². The van der Waals surface area contributed by atoms with Crippen LogP contribution in [0.3, 0.4) is 0 Å². The van der Waals surface area contributed by atoms with Crippen molar-refractivity contribution >= 4 is 29.0 Å². The van der Waals surface area contributed by atoms with Crippen molar-refractivity contribution in [3.8, 4) is 0 Å². The molecule has 1 heterocycles. The fourth-order valence-corrected chi connectivity index (χ4v) is 2.75. The number of carbonyl (C=O) groups is 1. The number of halogens is 2. The van der Waals surface area contributed by atoms with Crippen LogP contribution in [0.1, 0.15) is 24.8 Å². The highest BCUT2D eigenvalue weighted by atomic mass is 35.5. The Morgan fingerprint density at radius 2 is 2.00 bits per heavy atom. The van der Waals surface area contributed by atoms with Crippen molar-refractivity contribution in [1.29, 1.82) is 0 Å². The van der Waals surface area contributed by atoms with Crippen LogP contribution in [0, 0.1) is 5.92 Å². The summed E-state index contributed by atoms with van der Waals surface area (Å²) in [5.41, 5.74) is 0.836. The van der Waals surface area contributed by atoms with Crippen molar-refractivity contribution in [2.45, 2.75) is 25.7 Å². The normalized spacial score (nSPS) is 16.8. The largest absolute Gasteiger partial charge is 0.317 e. The van der Waals surface area contributed by atoms with Crippen molar-refractivity contribution < 1.29 is 4.79 Å². The molecule has 98 valence electrons. The Morgan fingerprint density at radius 1 is 1.28 bits per heavy atom. The molecule has 0 radical (unpaired) electrons. The van der Waals surface area contributed by atoms with Gasteiger partial charge in [0, 0.05) is 22.9 Å². The summed E-state index contributed by atoms with van der Waals surface area (Å²) in [5, 5.41) is 4.56. The summed E-state index contributed by atoms with van der Waals surface area (Å²) >= 11 is 12.0. The quantitative estimate of drug-likeness (QED) is 0.918. The Labute approximate surface area is 118 Å². The number of carbonyl (C=O) groups excluding carboxylic acids is 1. The molecule has 4 heteroatoms. The summed E-state index contributed by atoms with van der Waals surface area (Å²) < 4.78 is 0. The van der Waals surface area contributed by atoms with Gasteiger partial charge in [0.15, 0.2) is 0 Å². The summed E-state index contributed by atoms with van der Waals surface area (Å²) in [5.74, 6) is 0.780. The minimum Gasteiger partial charge on any atom is -0.317 e. The zero-order chi connectivity index (χ0) is 13.0. The topological polar surface area (TPSA) is 29.1 Å². The monoisotopic (exact) mass is 285 g/mol. The molecule has 1 fully saturated rings. The molecular formula is C14H17Cl2NO. The van der Waals surface area contributed by atoms with E-state index < -0.39 is 0 Å². The van der Waals surface area contributed by atoms with Crippen LogP contribution in [-0.4, -0.2) is 18.9 Å². The second kappa shape index (κ2) is 6.55. The number of hydrogen-bond donors (Lipinski definition) is 1. The Morgan fingerprint density at radius 3 is 2.72 bits per heavy atom. The first kappa shape index (κ1) is 13.9. The molecule has 0 amide bonds. The minimum absolute atomic E-state index is 0.256. The maximum atomic E-state index is 12.0. The third kappa shape index (κ3) is 3.98. The van der Waals surface area contributed by atoms with Crippen LogP contribution in [0.4, 0.5) is 0 Å². The van der Waals surface area contributed by atoms with E-state index in [4.69, 9.17) is 23.2 Å². The highest BCUT2D eigenvalue weighted by Gasteiger charge is 2.17. The number of nitrogens with one attached hydrogen (secondary N) is 1. The Kier molecular flexibility index (Phi) is 5.04. The lowest BCUT2D eigenvalue weighted by Gasteiger charge is -2.21. The fraction of sp³-hybridized carbons (Fsp3) is 0.500. The Bertz CT molecular complexity index is 428. The van der Waals surface area contributed by atoms with Gasteiger partial charge >= 0.3 is 0 Å². The van der Waals surface area contributed by atoms with E-state index >= 15 is 0 Å². The molecule has 1 N–H and O–H groups in total. The van der Waals surface area contributed by atoms with Crippen molar-refractivity contribution in [2.24, 2.45) is 5.92 Å². The zero-order valence-corrected chi connectivity index (χ0v) is 11.7. The first-order valence-electron chi connectivity index (χ1n) is 6.31. The molecule has 0 spiro atoms. The van der Waals surface area contributed by atoms with Gasteiger partial charge in [-0.3, -0.25) is 4.79 Å². The molecule has 1 aliphatic rings.